The molecule has 1 aromatic rings. The molecule has 1 atom stereocenters. The predicted molar refractivity (Wildman–Crippen MR) is 65.6 cm³/mol. The van der Waals surface area contributed by atoms with Crippen LogP contribution in [0.2, 0.25) is 0 Å². The number of hydrogen-bond acceptors (Lipinski definition) is 1. The molecule has 1 aliphatic carbocycles. The van der Waals surface area contributed by atoms with E-state index >= 15 is 0 Å². The molecule has 2 heteroatoms. The molecule has 1 nitrogen and oxygen atoms in total. The van der Waals surface area contributed by atoms with Gasteiger partial charge in [-0.2, -0.15) is 0 Å². The largest absolute Gasteiger partial charge is 0.311 e. The maximum absolute atomic E-state index is 12.6. The lowest BCUT2D eigenvalue weighted by Gasteiger charge is -2.09. The van der Waals surface area contributed by atoms with Gasteiger partial charge >= 0.3 is 0 Å². The van der Waals surface area contributed by atoms with Crippen LogP contribution in [-0.2, 0) is 0 Å². The zero-order valence-electron chi connectivity index (χ0n) is 9.62. The lowest BCUT2D eigenvalue weighted by molar-refractivity contribution is 0.524. The van der Waals surface area contributed by atoms with Gasteiger partial charge in [0.25, 0.3) is 0 Å². The van der Waals surface area contributed by atoms with Crippen molar-refractivity contribution in [2.45, 2.75) is 25.8 Å². The molecule has 0 aliphatic heterocycles. The number of benzene rings is 1. The first-order valence-corrected chi connectivity index (χ1v) is 5.91. The molecule has 86 valence electrons. The summed E-state index contributed by atoms with van der Waals surface area (Å²) in [6, 6.07) is 7.17. The molecular formula is C14H18FN. The Morgan fingerprint density at radius 3 is 2.69 bits per heavy atom. The molecule has 1 aromatic carbocycles. The maximum Gasteiger partial charge on any atom is 0.123 e. The minimum absolute atomic E-state index is 0.183. The summed E-state index contributed by atoms with van der Waals surface area (Å²) in [4.78, 5) is 0. The summed E-state index contributed by atoms with van der Waals surface area (Å²) in [6.07, 6.45) is 6.85. The third-order valence-corrected chi connectivity index (χ3v) is 3.07. The third kappa shape index (κ3) is 3.46. The van der Waals surface area contributed by atoms with Gasteiger partial charge in [-0.15, -0.1) is 0 Å². The van der Waals surface area contributed by atoms with Crippen molar-refractivity contribution >= 4 is 6.08 Å². The maximum atomic E-state index is 12.6. The van der Waals surface area contributed by atoms with Gasteiger partial charge in [-0.25, -0.2) is 4.39 Å². The fourth-order valence-corrected chi connectivity index (χ4v) is 1.79. The quantitative estimate of drug-likeness (QED) is 0.801. The smallest absolute Gasteiger partial charge is 0.123 e. The SMILES string of the molecule is CC(NC/C=C/c1ccc(F)cc1)C1CC1. The molecule has 1 fully saturated rings. The van der Waals surface area contributed by atoms with Crippen molar-refractivity contribution < 1.29 is 4.39 Å². The first kappa shape index (κ1) is 11.3. The number of hydrogen-bond donors (Lipinski definition) is 1. The van der Waals surface area contributed by atoms with Crippen LogP contribution >= 0.6 is 0 Å². The van der Waals surface area contributed by atoms with Crippen LogP contribution in [0.25, 0.3) is 6.08 Å². The molecule has 1 aliphatic rings. The minimum atomic E-state index is -0.183. The van der Waals surface area contributed by atoms with E-state index in [2.05, 4.69) is 18.3 Å². The second-order valence-corrected chi connectivity index (χ2v) is 4.49. The van der Waals surface area contributed by atoms with Crippen molar-refractivity contribution in [3.63, 3.8) is 0 Å². The Labute approximate surface area is 96.4 Å². The van der Waals surface area contributed by atoms with E-state index in [1.807, 2.05) is 6.08 Å². The monoisotopic (exact) mass is 219 g/mol. The molecule has 16 heavy (non-hydrogen) atoms. The van der Waals surface area contributed by atoms with Gasteiger partial charge in [0.05, 0.1) is 0 Å². The van der Waals surface area contributed by atoms with Gasteiger partial charge in [0, 0.05) is 12.6 Å². The molecule has 0 amide bonds. The van der Waals surface area contributed by atoms with E-state index in [1.165, 1.54) is 25.0 Å². The van der Waals surface area contributed by atoms with Crippen molar-refractivity contribution in [1.29, 1.82) is 0 Å². The van der Waals surface area contributed by atoms with Gasteiger partial charge in [0.1, 0.15) is 5.82 Å². The van der Waals surface area contributed by atoms with Gasteiger partial charge in [-0.3, -0.25) is 0 Å². The summed E-state index contributed by atoms with van der Waals surface area (Å²) in [5, 5.41) is 3.47. The first-order valence-electron chi connectivity index (χ1n) is 5.91. The van der Waals surface area contributed by atoms with Crippen LogP contribution in [0.4, 0.5) is 4.39 Å². The van der Waals surface area contributed by atoms with Crippen molar-refractivity contribution in [2.24, 2.45) is 5.92 Å². The van der Waals surface area contributed by atoms with Gasteiger partial charge in [-0.05, 0) is 43.4 Å². The Balaban J connectivity index is 1.74. The average Bonchev–Trinajstić information content (AvgIpc) is 3.10. The van der Waals surface area contributed by atoms with E-state index in [-0.39, 0.29) is 5.82 Å². The standard InChI is InChI=1S/C14H18FN/c1-11(13-6-7-13)16-10-2-3-12-4-8-14(15)9-5-12/h2-5,8-9,11,13,16H,6-7,10H2,1H3/b3-2+. The normalized spacial score (nSPS) is 17.9. The lowest BCUT2D eigenvalue weighted by Crippen LogP contribution is -2.27. The Morgan fingerprint density at radius 1 is 1.38 bits per heavy atom. The van der Waals surface area contributed by atoms with Crippen LogP contribution in [0.1, 0.15) is 25.3 Å². The Morgan fingerprint density at radius 2 is 2.06 bits per heavy atom. The van der Waals surface area contributed by atoms with E-state index in [9.17, 15) is 4.39 Å². The second-order valence-electron chi connectivity index (χ2n) is 4.49. The molecule has 0 radical (unpaired) electrons. The summed E-state index contributed by atoms with van der Waals surface area (Å²) in [7, 11) is 0. The highest BCUT2D eigenvalue weighted by atomic mass is 19.1. The molecule has 1 N–H and O–H groups in total. The highest BCUT2D eigenvalue weighted by molar-refractivity contribution is 5.48. The highest BCUT2D eigenvalue weighted by Crippen LogP contribution is 2.32. The van der Waals surface area contributed by atoms with Crippen LogP contribution in [0.15, 0.2) is 30.3 Å². The Kier molecular flexibility index (Phi) is 3.73. The topological polar surface area (TPSA) is 12.0 Å². The van der Waals surface area contributed by atoms with Crippen LogP contribution in [-0.4, -0.2) is 12.6 Å². The van der Waals surface area contributed by atoms with E-state index in [1.54, 1.807) is 12.1 Å². The molecular weight excluding hydrogens is 201 g/mol. The van der Waals surface area contributed by atoms with Gasteiger partial charge < -0.3 is 5.32 Å². The zero-order valence-corrected chi connectivity index (χ0v) is 9.62. The van der Waals surface area contributed by atoms with Gasteiger partial charge in [-0.1, -0.05) is 24.3 Å². The van der Waals surface area contributed by atoms with Crippen molar-refractivity contribution in [2.75, 3.05) is 6.54 Å². The molecule has 1 unspecified atom stereocenters. The summed E-state index contributed by atoms with van der Waals surface area (Å²) >= 11 is 0. The molecule has 0 spiro atoms. The van der Waals surface area contributed by atoms with Gasteiger partial charge in [0.2, 0.25) is 0 Å². The summed E-state index contributed by atoms with van der Waals surface area (Å²) in [6.45, 7) is 3.12. The number of nitrogens with one attached hydrogen (secondary N) is 1. The Hall–Kier alpha value is -1.15. The lowest BCUT2D eigenvalue weighted by atomic mass is 10.2. The van der Waals surface area contributed by atoms with E-state index in [4.69, 9.17) is 0 Å². The number of halogens is 1. The van der Waals surface area contributed by atoms with Crippen LogP contribution in [0.3, 0.4) is 0 Å². The summed E-state index contributed by atoms with van der Waals surface area (Å²) in [5.74, 6) is 0.705. The van der Waals surface area contributed by atoms with E-state index in [0.717, 1.165) is 18.0 Å². The molecule has 0 saturated heterocycles. The van der Waals surface area contributed by atoms with Crippen LogP contribution < -0.4 is 5.32 Å². The van der Waals surface area contributed by atoms with Crippen LogP contribution in [0.5, 0.6) is 0 Å². The molecule has 2 rings (SSSR count). The summed E-state index contributed by atoms with van der Waals surface area (Å²) in [5.41, 5.74) is 1.04. The minimum Gasteiger partial charge on any atom is -0.311 e. The van der Waals surface area contributed by atoms with Crippen molar-refractivity contribution in [1.82, 2.24) is 5.32 Å². The fraction of sp³-hybridized carbons (Fsp3) is 0.429. The Bertz CT molecular complexity index is 352. The van der Waals surface area contributed by atoms with E-state index in [0.29, 0.717) is 6.04 Å². The van der Waals surface area contributed by atoms with Crippen molar-refractivity contribution in [3.8, 4) is 0 Å². The van der Waals surface area contributed by atoms with E-state index < -0.39 is 0 Å². The summed E-state index contributed by atoms with van der Waals surface area (Å²) < 4.78 is 12.6. The third-order valence-electron chi connectivity index (χ3n) is 3.07. The number of rotatable bonds is 5. The van der Waals surface area contributed by atoms with Crippen molar-refractivity contribution in [3.05, 3.63) is 41.7 Å². The molecule has 0 bridgehead atoms. The van der Waals surface area contributed by atoms with Crippen LogP contribution in [0, 0.1) is 11.7 Å². The van der Waals surface area contributed by atoms with Gasteiger partial charge in [0.15, 0.2) is 0 Å². The fourth-order valence-electron chi connectivity index (χ4n) is 1.79. The predicted octanol–water partition coefficient (Wildman–Crippen LogP) is 3.23. The molecule has 1 saturated carbocycles. The average molecular weight is 219 g/mol. The zero-order chi connectivity index (χ0) is 11.4. The molecule has 0 aromatic heterocycles. The highest BCUT2D eigenvalue weighted by Gasteiger charge is 2.26. The molecule has 0 heterocycles. The first-order chi connectivity index (χ1) is 7.75. The second kappa shape index (κ2) is 5.26.